The summed E-state index contributed by atoms with van der Waals surface area (Å²) in [6.45, 7) is 2.40. The van der Waals surface area contributed by atoms with E-state index in [9.17, 15) is 10.1 Å². The summed E-state index contributed by atoms with van der Waals surface area (Å²) in [5.74, 6) is 0.557. The van der Waals surface area contributed by atoms with Crippen molar-refractivity contribution in [3.8, 4) is 23.1 Å². The number of nitrogens with one attached hydrogen (secondary N) is 1. The molecule has 3 aromatic rings. The second kappa shape index (κ2) is 8.42. The molecule has 5 nitrogen and oxygen atoms in total. The Morgan fingerprint density at radius 3 is 2.81 bits per heavy atom. The molecule has 0 unspecified atom stereocenters. The Labute approximate surface area is 169 Å². The zero-order valence-corrected chi connectivity index (χ0v) is 17.1. The van der Waals surface area contributed by atoms with Gasteiger partial charge in [-0.05, 0) is 36.9 Å². The van der Waals surface area contributed by atoms with Gasteiger partial charge in [0, 0.05) is 10.0 Å². The van der Waals surface area contributed by atoms with Gasteiger partial charge in [0.1, 0.15) is 29.7 Å². The molecule has 0 amide bonds. The highest BCUT2D eigenvalue weighted by molar-refractivity contribution is 9.10. The quantitative estimate of drug-likeness (QED) is 0.459. The lowest BCUT2D eigenvalue weighted by atomic mass is 10.1. The van der Waals surface area contributed by atoms with Crippen molar-refractivity contribution in [3.63, 3.8) is 0 Å². The second-order valence-corrected chi connectivity index (χ2v) is 7.54. The Bertz CT molecular complexity index is 1090. The smallest absolute Gasteiger partial charge is 0.270 e. The number of hydrogen-bond donors (Lipinski definition) is 1. The summed E-state index contributed by atoms with van der Waals surface area (Å²) in [7, 11) is 0. The number of halogens is 1. The summed E-state index contributed by atoms with van der Waals surface area (Å²) in [5.41, 5.74) is 2.59. The number of H-pyrrole nitrogens is 1. The lowest BCUT2D eigenvalue weighted by Crippen LogP contribution is -2.15. The Morgan fingerprint density at radius 1 is 1.30 bits per heavy atom. The van der Waals surface area contributed by atoms with E-state index in [0.717, 1.165) is 15.6 Å². The fourth-order valence-electron chi connectivity index (χ4n) is 2.62. The molecule has 0 saturated heterocycles. The molecule has 1 heterocycles. The molecule has 0 fully saturated rings. The highest BCUT2D eigenvalue weighted by Gasteiger charge is 2.17. The lowest BCUT2D eigenvalue weighted by Gasteiger charge is -2.13. The van der Waals surface area contributed by atoms with Gasteiger partial charge < -0.3 is 9.72 Å². The Kier molecular flexibility index (Phi) is 5.99. The first-order valence-corrected chi connectivity index (χ1v) is 10.1. The van der Waals surface area contributed by atoms with Crippen molar-refractivity contribution in [2.75, 3.05) is 6.26 Å². The number of aryl methyl sites for hydroxylation is 1. The van der Waals surface area contributed by atoms with Crippen LogP contribution in [0.4, 0.5) is 0 Å². The topological polar surface area (TPSA) is 78.8 Å². The van der Waals surface area contributed by atoms with E-state index >= 15 is 0 Å². The molecule has 136 valence electrons. The van der Waals surface area contributed by atoms with Crippen LogP contribution in [0.1, 0.15) is 16.7 Å². The lowest BCUT2D eigenvalue weighted by molar-refractivity contribution is 0.307. The Hall–Kier alpha value is -2.56. The summed E-state index contributed by atoms with van der Waals surface area (Å²) in [4.78, 5) is 19.3. The molecule has 7 heteroatoms. The van der Waals surface area contributed by atoms with Crippen LogP contribution in [-0.4, -0.2) is 16.2 Å². The van der Waals surface area contributed by atoms with Crippen LogP contribution in [0.25, 0.3) is 11.3 Å². The van der Waals surface area contributed by atoms with E-state index in [2.05, 4.69) is 32.0 Å². The molecule has 1 N–H and O–H groups in total. The van der Waals surface area contributed by atoms with Gasteiger partial charge in [-0.25, -0.2) is 4.98 Å². The predicted molar refractivity (Wildman–Crippen MR) is 110 cm³/mol. The van der Waals surface area contributed by atoms with E-state index in [4.69, 9.17) is 4.74 Å². The van der Waals surface area contributed by atoms with E-state index in [0.29, 0.717) is 28.8 Å². The third-order valence-corrected chi connectivity index (χ3v) is 4.95. The molecular formula is C20H16BrN3O2S. The van der Waals surface area contributed by atoms with Crippen molar-refractivity contribution in [2.45, 2.75) is 18.7 Å². The van der Waals surface area contributed by atoms with Crippen LogP contribution in [0, 0.1) is 18.3 Å². The third kappa shape index (κ3) is 4.41. The monoisotopic (exact) mass is 441 g/mol. The van der Waals surface area contributed by atoms with Crippen molar-refractivity contribution in [2.24, 2.45) is 0 Å². The molecule has 27 heavy (non-hydrogen) atoms. The minimum Gasteiger partial charge on any atom is -0.488 e. The zero-order chi connectivity index (χ0) is 19.4. The summed E-state index contributed by atoms with van der Waals surface area (Å²) in [5, 5.41) is 9.90. The van der Waals surface area contributed by atoms with E-state index in [1.54, 1.807) is 12.1 Å². The number of hydrogen-bond acceptors (Lipinski definition) is 5. The van der Waals surface area contributed by atoms with E-state index in [-0.39, 0.29) is 5.56 Å². The van der Waals surface area contributed by atoms with E-state index in [1.807, 2.05) is 43.5 Å². The van der Waals surface area contributed by atoms with E-state index in [1.165, 1.54) is 11.8 Å². The number of nitriles is 1. The van der Waals surface area contributed by atoms with Gasteiger partial charge in [-0.2, -0.15) is 5.26 Å². The first kappa shape index (κ1) is 19.2. The molecule has 2 aromatic carbocycles. The van der Waals surface area contributed by atoms with Gasteiger partial charge >= 0.3 is 0 Å². The molecule has 3 rings (SSSR count). The van der Waals surface area contributed by atoms with E-state index < -0.39 is 5.56 Å². The van der Waals surface area contributed by atoms with Gasteiger partial charge in [0.05, 0.1) is 0 Å². The normalized spacial score (nSPS) is 10.4. The standard InChI is InChI=1S/C20H16BrN3O2S/c1-12-4-3-5-13(8-12)11-26-17-7-6-14(21)9-15(17)18-16(10-22)19(25)24-20(23-18)27-2/h3-9H,11H2,1-2H3,(H,23,24,25). The molecule has 0 aliphatic rings. The Morgan fingerprint density at radius 2 is 2.11 bits per heavy atom. The van der Waals surface area contributed by atoms with Crippen LogP contribution >= 0.6 is 27.7 Å². The Balaban J connectivity index is 2.06. The summed E-state index contributed by atoms with van der Waals surface area (Å²) in [6, 6.07) is 15.5. The number of aromatic nitrogens is 2. The van der Waals surface area contributed by atoms with Gasteiger partial charge in [-0.15, -0.1) is 0 Å². The van der Waals surface area contributed by atoms with Crippen molar-refractivity contribution in [3.05, 3.63) is 74.0 Å². The van der Waals surface area contributed by atoms with Crippen LogP contribution in [0.5, 0.6) is 5.75 Å². The van der Waals surface area contributed by atoms with Crippen LogP contribution in [0.15, 0.2) is 56.9 Å². The number of nitrogens with zero attached hydrogens (tertiary/aromatic N) is 2. The molecule has 0 atom stereocenters. The molecular weight excluding hydrogens is 426 g/mol. The molecule has 0 aliphatic carbocycles. The average Bonchev–Trinajstić information content (AvgIpc) is 2.66. The fraction of sp³-hybridized carbons (Fsp3) is 0.150. The number of rotatable bonds is 5. The molecule has 0 saturated carbocycles. The van der Waals surface area contributed by atoms with Crippen molar-refractivity contribution in [1.82, 2.24) is 9.97 Å². The van der Waals surface area contributed by atoms with Crippen LogP contribution in [0.3, 0.4) is 0 Å². The number of thioether (sulfide) groups is 1. The van der Waals surface area contributed by atoms with Crippen molar-refractivity contribution < 1.29 is 4.74 Å². The molecule has 0 aliphatic heterocycles. The molecule has 0 bridgehead atoms. The SMILES string of the molecule is CSc1nc(-c2cc(Br)ccc2OCc2cccc(C)c2)c(C#N)c(=O)[nH]1. The average molecular weight is 442 g/mol. The highest BCUT2D eigenvalue weighted by atomic mass is 79.9. The summed E-state index contributed by atoms with van der Waals surface area (Å²) < 4.78 is 6.81. The van der Waals surface area contributed by atoms with Crippen LogP contribution in [-0.2, 0) is 6.61 Å². The molecule has 0 radical (unpaired) electrons. The number of ether oxygens (including phenoxy) is 1. The van der Waals surface area contributed by atoms with Gasteiger partial charge in [0.25, 0.3) is 5.56 Å². The predicted octanol–water partition coefficient (Wildman–Crippen LogP) is 4.68. The zero-order valence-electron chi connectivity index (χ0n) is 14.7. The van der Waals surface area contributed by atoms with Gasteiger partial charge in [-0.1, -0.05) is 57.5 Å². The maximum absolute atomic E-state index is 12.3. The maximum Gasteiger partial charge on any atom is 0.270 e. The van der Waals surface area contributed by atoms with Gasteiger partial charge in [0.15, 0.2) is 5.16 Å². The maximum atomic E-state index is 12.3. The number of benzene rings is 2. The third-order valence-electron chi connectivity index (χ3n) is 3.88. The van der Waals surface area contributed by atoms with Crippen molar-refractivity contribution in [1.29, 1.82) is 5.26 Å². The van der Waals surface area contributed by atoms with Crippen LogP contribution in [0.2, 0.25) is 0 Å². The van der Waals surface area contributed by atoms with Crippen molar-refractivity contribution >= 4 is 27.7 Å². The van der Waals surface area contributed by atoms with Gasteiger partial charge in [0.2, 0.25) is 0 Å². The molecule has 1 aromatic heterocycles. The first-order chi connectivity index (χ1) is 13.0. The minimum absolute atomic E-state index is 0.0358. The minimum atomic E-state index is -0.462. The fourth-order valence-corrected chi connectivity index (χ4v) is 3.36. The summed E-state index contributed by atoms with van der Waals surface area (Å²) in [6.07, 6.45) is 1.81. The highest BCUT2D eigenvalue weighted by Crippen LogP contribution is 2.33. The summed E-state index contributed by atoms with van der Waals surface area (Å²) >= 11 is 4.75. The second-order valence-electron chi connectivity index (χ2n) is 5.83. The number of aromatic amines is 1. The van der Waals surface area contributed by atoms with Gasteiger partial charge in [-0.3, -0.25) is 4.79 Å². The molecule has 0 spiro atoms. The largest absolute Gasteiger partial charge is 0.488 e. The van der Waals surface area contributed by atoms with Crippen LogP contribution < -0.4 is 10.3 Å². The first-order valence-electron chi connectivity index (χ1n) is 8.08.